The molecule has 2 fully saturated rings. The van der Waals surface area contributed by atoms with E-state index in [0.29, 0.717) is 16.9 Å². The summed E-state index contributed by atoms with van der Waals surface area (Å²) in [5.74, 6) is 1.33. The minimum absolute atomic E-state index is 0.0629. The number of amides is 2. The summed E-state index contributed by atoms with van der Waals surface area (Å²) < 4.78 is 9.52. The summed E-state index contributed by atoms with van der Waals surface area (Å²) >= 11 is 1.23. The first-order valence-corrected chi connectivity index (χ1v) is 11.2. The number of hydrogen-bond acceptors (Lipinski definition) is 6. The Morgan fingerprint density at radius 3 is 2.48 bits per heavy atom. The van der Waals surface area contributed by atoms with Crippen LogP contribution in [-0.2, 0) is 17.7 Å². The predicted octanol–water partition coefficient (Wildman–Crippen LogP) is 3.17. The summed E-state index contributed by atoms with van der Waals surface area (Å²) in [6.45, 7) is 8.15. The Balaban J connectivity index is 1.21. The third-order valence-corrected chi connectivity index (χ3v) is 6.42. The molecule has 1 aromatic carbocycles. The van der Waals surface area contributed by atoms with E-state index in [1.807, 2.05) is 11.8 Å². The molecule has 3 heterocycles. The maximum atomic E-state index is 12.4. The lowest BCUT2D eigenvalue weighted by molar-refractivity contribution is 0.0342. The van der Waals surface area contributed by atoms with Gasteiger partial charge in [0.1, 0.15) is 5.82 Å². The molecule has 2 saturated heterocycles. The van der Waals surface area contributed by atoms with Crippen LogP contribution < -0.4 is 5.32 Å². The van der Waals surface area contributed by atoms with Crippen LogP contribution in [0.3, 0.4) is 0 Å². The Bertz CT molecular complexity index is 796. The number of anilines is 1. The van der Waals surface area contributed by atoms with E-state index in [2.05, 4.69) is 43.8 Å². The van der Waals surface area contributed by atoms with Crippen LogP contribution in [0, 0.1) is 12.8 Å². The van der Waals surface area contributed by atoms with Crippen molar-refractivity contribution in [2.75, 3.05) is 44.7 Å². The van der Waals surface area contributed by atoms with E-state index in [4.69, 9.17) is 4.74 Å². The highest BCUT2D eigenvalue weighted by Crippen LogP contribution is 2.23. The van der Waals surface area contributed by atoms with Crippen molar-refractivity contribution in [1.29, 1.82) is 0 Å². The standard InChI is InChI=1S/C21H29N5O2S/c1-16-22-20(29-24-16)23-21(27)26-8-6-18(7-9-26)14-17-2-4-19(5-3-17)15-25-10-12-28-13-11-25/h2-5,18H,6-15H2,1H3,(H,22,23,24,27). The van der Waals surface area contributed by atoms with E-state index < -0.39 is 0 Å². The fraction of sp³-hybridized carbons (Fsp3) is 0.571. The van der Waals surface area contributed by atoms with E-state index in [1.54, 1.807) is 0 Å². The summed E-state index contributed by atoms with van der Waals surface area (Å²) in [4.78, 5) is 20.9. The van der Waals surface area contributed by atoms with E-state index in [0.717, 1.165) is 65.2 Å². The Kier molecular flexibility index (Phi) is 6.74. The van der Waals surface area contributed by atoms with Crippen LogP contribution in [0.25, 0.3) is 0 Å². The van der Waals surface area contributed by atoms with Gasteiger partial charge in [0, 0.05) is 44.3 Å². The van der Waals surface area contributed by atoms with Gasteiger partial charge in [-0.15, -0.1) is 0 Å². The number of carbonyl (C=O) groups excluding carboxylic acids is 1. The SMILES string of the molecule is Cc1nsc(NC(=O)N2CCC(Cc3ccc(CN4CCOCC4)cc3)CC2)n1. The number of nitrogens with zero attached hydrogens (tertiary/aromatic N) is 4. The first-order chi connectivity index (χ1) is 14.2. The third kappa shape index (κ3) is 5.74. The van der Waals surface area contributed by atoms with Gasteiger partial charge in [-0.1, -0.05) is 24.3 Å². The third-order valence-electron chi connectivity index (χ3n) is 5.70. The van der Waals surface area contributed by atoms with Crippen molar-refractivity contribution in [2.24, 2.45) is 5.92 Å². The van der Waals surface area contributed by atoms with Crippen LogP contribution in [0.15, 0.2) is 24.3 Å². The smallest absolute Gasteiger partial charge is 0.323 e. The van der Waals surface area contributed by atoms with Gasteiger partial charge >= 0.3 is 6.03 Å². The van der Waals surface area contributed by atoms with E-state index in [9.17, 15) is 4.79 Å². The zero-order valence-corrected chi connectivity index (χ0v) is 17.8. The number of likely N-dealkylation sites (tertiary alicyclic amines) is 1. The molecule has 4 rings (SSSR count). The molecule has 7 nitrogen and oxygen atoms in total. The number of ether oxygens (including phenoxy) is 1. The van der Waals surface area contributed by atoms with Crippen molar-refractivity contribution in [2.45, 2.75) is 32.7 Å². The van der Waals surface area contributed by atoms with Gasteiger partial charge in [-0.05, 0) is 43.2 Å². The van der Waals surface area contributed by atoms with Crippen LogP contribution in [0.4, 0.5) is 9.93 Å². The topological polar surface area (TPSA) is 70.6 Å². The number of carbonyl (C=O) groups is 1. The van der Waals surface area contributed by atoms with Gasteiger partial charge in [0.2, 0.25) is 5.13 Å². The molecule has 0 radical (unpaired) electrons. The molecule has 156 valence electrons. The van der Waals surface area contributed by atoms with Crippen molar-refractivity contribution in [3.8, 4) is 0 Å². The average molecular weight is 416 g/mol. The van der Waals surface area contributed by atoms with Gasteiger partial charge in [-0.25, -0.2) is 9.78 Å². The normalized spacial score (nSPS) is 18.7. The maximum absolute atomic E-state index is 12.4. The fourth-order valence-electron chi connectivity index (χ4n) is 3.99. The second kappa shape index (κ2) is 9.65. The number of benzene rings is 1. The summed E-state index contributed by atoms with van der Waals surface area (Å²) in [6, 6.07) is 9.00. The van der Waals surface area contributed by atoms with Crippen LogP contribution in [0.2, 0.25) is 0 Å². The van der Waals surface area contributed by atoms with Gasteiger partial charge < -0.3 is 9.64 Å². The quantitative estimate of drug-likeness (QED) is 0.812. The maximum Gasteiger partial charge on any atom is 0.323 e. The molecule has 2 aliphatic rings. The van der Waals surface area contributed by atoms with Crippen molar-refractivity contribution in [1.82, 2.24) is 19.2 Å². The molecule has 0 bridgehead atoms. The van der Waals surface area contributed by atoms with Crippen LogP contribution in [0.5, 0.6) is 0 Å². The molecule has 0 spiro atoms. The zero-order chi connectivity index (χ0) is 20.1. The first kappa shape index (κ1) is 20.3. The molecule has 1 N–H and O–H groups in total. The molecule has 2 amide bonds. The monoisotopic (exact) mass is 415 g/mol. The first-order valence-electron chi connectivity index (χ1n) is 10.4. The Hall–Kier alpha value is -2.03. The summed E-state index contributed by atoms with van der Waals surface area (Å²) in [7, 11) is 0. The van der Waals surface area contributed by atoms with E-state index in [-0.39, 0.29) is 6.03 Å². The number of aryl methyl sites for hydroxylation is 1. The molecule has 0 unspecified atom stereocenters. The van der Waals surface area contributed by atoms with Gasteiger partial charge in [0.05, 0.1) is 13.2 Å². The molecular weight excluding hydrogens is 386 g/mol. The number of rotatable bonds is 5. The summed E-state index contributed by atoms with van der Waals surface area (Å²) in [6.07, 6.45) is 3.17. The summed E-state index contributed by atoms with van der Waals surface area (Å²) in [5.41, 5.74) is 2.76. The minimum Gasteiger partial charge on any atom is -0.379 e. The highest BCUT2D eigenvalue weighted by Gasteiger charge is 2.23. The second-order valence-electron chi connectivity index (χ2n) is 7.92. The Labute approximate surface area is 176 Å². The molecule has 0 atom stereocenters. The lowest BCUT2D eigenvalue weighted by atomic mass is 9.90. The predicted molar refractivity (Wildman–Crippen MR) is 114 cm³/mol. The van der Waals surface area contributed by atoms with E-state index >= 15 is 0 Å². The number of hydrogen-bond donors (Lipinski definition) is 1. The Morgan fingerprint density at radius 2 is 1.83 bits per heavy atom. The molecule has 1 aromatic heterocycles. The number of piperidine rings is 1. The fourth-order valence-corrected chi connectivity index (χ4v) is 4.56. The number of urea groups is 1. The van der Waals surface area contributed by atoms with Gasteiger partial charge in [-0.3, -0.25) is 10.2 Å². The minimum atomic E-state index is -0.0629. The highest BCUT2D eigenvalue weighted by molar-refractivity contribution is 7.09. The largest absolute Gasteiger partial charge is 0.379 e. The number of nitrogens with one attached hydrogen (secondary N) is 1. The van der Waals surface area contributed by atoms with Crippen LogP contribution in [-0.4, -0.2) is 64.6 Å². The van der Waals surface area contributed by atoms with Crippen LogP contribution >= 0.6 is 11.5 Å². The Morgan fingerprint density at radius 1 is 1.14 bits per heavy atom. The molecule has 2 aliphatic heterocycles. The number of morpholine rings is 1. The average Bonchev–Trinajstić information content (AvgIpc) is 3.15. The van der Waals surface area contributed by atoms with Gasteiger partial charge in [0.15, 0.2) is 0 Å². The van der Waals surface area contributed by atoms with Gasteiger partial charge in [-0.2, -0.15) is 4.37 Å². The van der Waals surface area contributed by atoms with E-state index in [1.165, 1.54) is 22.7 Å². The lowest BCUT2D eigenvalue weighted by Gasteiger charge is -2.31. The summed E-state index contributed by atoms with van der Waals surface area (Å²) in [5, 5.41) is 3.43. The highest BCUT2D eigenvalue weighted by atomic mass is 32.1. The molecule has 0 saturated carbocycles. The molecule has 0 aliphatic carbocycles. The second-order valence-corrected chi connectivity index (χ2v) is 8.67. The van der Waals surface area contributed by atoms with Crippen LogP contribution in [0.1, 0.15) is 29.8 Å². The molecular formula is C21H29N5O2S. The molecule has 2 aromatic rings. The van der Waals surface area contributed by atoms with Gasteiger partial charge in [0.25, 0.3) is 0 Å². The van der Waals surface area contributed by atoms with Crippen molar-refractivity contribution < 1.29 is 9.53 Å². The lowest BCUT2D eigenvalue weighted by Crippen LogP contribution is -2.41. The number of aromatic nitrogens is 2. The van der Waals surface area contributed by atoms with Crippen molar-refractivity contribution in [3.05, 3.63) is 41.2 Å². The molecule has 8 heteroatoms. The molecule has 29 heavy (non-hydrogen) atoms. The van der Waals surface area contributed by atoms with Crippen molar-refractivity contribution in [3.63, 3.8) is 0 Å². The zero-order valence-electron chi connectivity index (χ0n) is 17.0. The van der Waals surface area contributed by atoms with Crippen molar-refractivity contribution >= 4 is 22.7 Å².